The highest BCUT2D eigenvalue weighted by Crippen LogP contribution is 2.19. The lowest BCUT2D eigenvalue weighted by Crippen LogP contribution is -2.06. The van der Waals surface area contributed by atoms with Gasteiger partial charge in [-0.15, -0.1) is 0 Å². The summed E-state index contributed by atoms with van der Waals surface area (Å²) in [6.45, 7) is 9.79. The molecule has 0 fully saturated rings. The van der Waals surface area contributed by atoms with E-state index in [-0.39, 0.29) is 0 Å². The van der Waals surface area contributed by atoms with Gasteiger partial charge in [0.25, 0.3) is 0 Å². The summed E-state index contributed by atoms with van der Waals surface area (Å²) in [5, 5.41) is 7.97. The SMILES string of the molecule is CCn1nc(C)c(CNc2cc(C)nc(-c3cccnc3)n2)c1C. The van der Waals surface area contributed by atoms with Crippen LogP contribution < -0.4 is 5.32 Å². The average Bonchev–Trinajstić information content (AvgIpc) is 2.87. The second-order valence-electron chi connectivity index (χ2n) is 5.78. The van der Waals surface area contributed by atoms with Crippen molar-refractivity contribution in [1.82, 2.24) is 24.7 Å². The summed E-state index contributed by atoms with van der Waals surface area (Å²) < 4.78 is 2.03. The quantitative estimate of drug-likeness (QED) is 0.780. The summed E-state index contributed by atoms with van der Waals surface area (Å²) in [6.07, 6.45) is 3.52. The second-order valence-corrected chi connectivity index (χ2v) is 5.78. The van der Waals surface area contributed by atoms with E-state index in [1.165, 1.54) is 11.3 Å². The van der Waals surface area contributed by atoms with Crippen molar-refractivity contribution < 1.29 is 0 Å². The maximum Gasteiger partial charge on any atom is 0.163 e. The van der Waals surface area contributed by atoms with Gasteiger partial charge in [-0.05, 0) is 39.8 Å². The van der Waals surface area contributed by atoms with Crippen LogP contribution in [0.25, 0.3) is 11.4 Å². The van der Waals surface area contributed by atoms with Crippen molar-refractivity contribution in [3.8, 4) is 11.4 Å². The first-order valence-corrected chi connectivity index (χ1v) is 8.11. The molecule has 0 unspecified atom stereocenters. The van der Waals surface area contributed by atoms with Gasteiger partial charge in [-0.1, -0.05) is 0 Å². The highest BCUT2D eigenvalue weighted by Gasteiger charge is 2.11. The van der Waals surface area contributed by atoms with Crippen molar-refractivity contribution in [2.45, 2.75) is 40.8 Å². The number of pyridine rings is 1. The highest BCUT2D eigenvalue weighted by atomic mass is 15.3. The minimum atomic E-state index is 0.684. The maximum absolute atomic E-state index is 4.62. The van der Waals surface area contributed by atoms with Gasteiger partial charge in [0.15, 0.2) is 5.82 Å². The Kier molecular flexibility index (Phi) is 4.55. The summed E-state index contributed by atoms with van der Waals surface area (Å²) in [6, 6.07) is 5.81. The van der Waals surface area contributed by atoms with E-state index in [9.17, 15) is 0 Å². The molecular weight excluding hydrogens is 300 g/mol. The number of nitrogens with one attached hydrogen (secondary N) is 1. The Balaban J connectivity index is 1.84. The summed E-state index contributed by atoms with van der Waals surface area (Å²) in [5.74, 6) is 1.49. The Morgan fingerprint density at radius 2 is 2.00 bits per heavy atom. The van der Waals surface area contributed by atoms with Gasteiger partial charge in [0.05, 0.1) is 5.69 Å². The van der Waals surface area contributed by atoms with Crippen molar-refractivity contribution in [3.05, 3.63) is 53.2 Å². The summed E-state index contributed by atoms with van der Waals surface area (Å²) in [4.78, 5) is 13.3. The van der Waals surface area contributed by atoms with E-state index >= 15 is 0 Å². The molecule has 0 saturated carbocycles. The van der Waals surface area contributed by atoms with E-state index in [1.807, 2.05) is 36.7 Å². The molecule has 6 nitrogen and oxygen atoms in total. The molecule has 3 rings (SSSR count). The van der Waals surface area contributed by atoms with Crippen LogP contribution in [-0.2, 0) is 13.1 Å². The van der Waals surface area contributed by atoms with E-state index < -0.39 is 0 Å². The Morgan fingerprint density at radius 3 is 2.67 bits per heavy atom. The number of rotatable bonds is 5. The molecule has 0 saturated heterocycles. The standard InChI is InChI=1S/C18H22N6/c1-5-24-14(4)16(13(3)23-24)11-20-17-9-12(2)21-18(22-17)15-7-6-8-19-10-15/h6-10H,5,11H2,1-4H3,(H,20,21,22). The summed E-state index contributed by atoms with van der Waals surface area (Å²) in [7, 11) is 0. The molecule has 24 heavy (non-hydrogen) atoms. The Labute approximate surface area is 142 Å². The van der Waals surface area contributed by atoms with Crippen LogP contribution in [0.2, 0.25) is 0 Å². The first-order chi connectivity index (χ1) is 11.6. The fourth-order valence-corrected chi connectivity index (χ4v) is 2.76. The fourth-order valence-electron chi connectivity index (χ4n) is 2.76. The largest absolute Gasteiger partial charge is 0.366 e. The maximum atomic E-state index is 4.62. The third-order valence-electron chi connectivity index (χ3n) is 4.05. The lowest BCUT2D eigenvalue weighted by molar-refractivity contribution is 0.633. The number of hydrogen-bond donors (Lipinski definition) is 1. The molecular formula is C18H22N6. The van der Waals surface area contributed by atoms with Gasteiger partial charge in [-0.3, -0.25) is 9.67 Å². The highest BCUT2D eigenvalue weighted by molar-refractivity contribution is 5.56. The Morgan fingerprint density at radius 1 is 1.17 bits per heavy atom. The van der Waals surface area contributed by atoms with E-state index in [1.54, 1.807) is 12.4 Å². The normalized spacial score (nSPS) is 10.8. The molecule has 6 heteroatoms. The smallest absolute Gasteiger partial charge is 0.163 e. The van der Waals surface area contributed by atoms with Crippen molar-refractivity contribution in [1.29, 1.82) is 0 Å². The van der Waals surface area contributed by atoms with Crippen LogP contribution in [0.1, 0.15) is 29.6 Å². The molecule has 124 valence electrons. The van der Waals surface area contributed by atoms with Gasteiger partial charge in [0, 0.05) is 54.1 Å². The number of aryl methyl sites for hydroxylation is 3. The van der Waals surface area contributed by atoms with Crippen molar-refractivity contribution in [3.63, 3.8) is 0 Å². The van der Waals surface area contributed by atoms with E-state index in [0.29, 0.717) is 12.4 Å². The number of anilines is 1. The molecule has 1 N–H and O–H groups in total. The van der Waals surface area contributed by atoms with Gasteiger partial charge in [0.2, 0.25) is 0 Å². The van der Waals surface area contributed by atoms with Crippen LogP contribution in [0.5, 0.6) is 0 Å². The summed E-state index contributed by atoms with van der Waals surface area (Å²) >= 11 is 0. The Hall–Kier alpha value is -2.76. The summed E-state index contributed by atoms with van der Waals surface area (Å²) in [5.41, 5.74) is 5.30. The van der Waals surface area contributed by atoms with Gasteiger partial charge in [0.1, 0.15) is 5.82 Å². The molecule has 0 bridgehead atoms. The van der Waals surface area contributed by atoms with Crippen molar-refractivity contribution in [2.75, 3.05) is 5.32 Å². The third kappa shape index (κ3) is 3.27. The van der Waals surface area contributed by atoms with Crippen molar-refractivity contribution >= 4 is 5.82 Å². The molecule has 0 aromatic carbocycles. The molecule has 3 heterocycles. The second kappa shape index (κ2) is 6.78. The van der Waals surface area contributed by atoms with Crippen LogP contribution in [-0.4, -0.2) is 24.7 Å². The number of nitrogens with zero attached hydrogens (tertiary/aromatic N) is 5. The molecule has 0 spiro atoms. The molecule has 3 aromatic rings. The molecule has 0 aliphatic carbocycles. The topological polar surface area (TPSA) is 68.5 Å². The molecule has 0 aliphatic heterocycles. The predicted octanol–water partition coefficient (Wildman–Crippen LogP) is 3.29. The fraction of sp³-hybridized carbons (Fsp3) is 0.333. The number of aromatic nitrogens is 5. The minimum Gasteiger partial charge on any atom is -0.366 e. The zero-order chi connectivity index (χ0) is 17.1. The third-order valence-corrected chi connectivity index (χ3v) is 4.05. The molecule has 3 aromatic heterocycles. The molecule has 0 amide bonds. The first-order valence-electron chi connectivity index (χ1n) is 8.11. The zero-order valence-corrected chi connectivity index (χ0v) is 14.5. The average molecular weight is 322 g/mol. The van der Waals surface area contributed by atoms with Crippen LogP contribution >= 0.6 is 0 Å². The lowest BCUT2D eigenvalue weighted by atomic mass is 10.2. The van der Waals surface area contributed by atoms with E-state index in [4.69, 9.17) is 0 Å². The van der Waals surface area contributed by atoms with Gasteiger partial charge in [-0.25, -0.2) is 9.97 Å². The van der Waals surface area contributed by atoms with Gasteiger partial charge in [-0.2, -0.15) is 5.10 Å². The molecule has 0 aliphatic rings. The lowest BCUT2D eigenvalue weighted by Gasteiger charge is -2.09. The predicted molar refractivity (Wildman–Crippen MR) is 94.7 cm³/mol. The van der Waals surface area contributed by atoms with E-state index in [2.05, 4.69) is 39.2 Å². The molecule has 0 atom stereocenters. The first kappa shape index (κ1) is 16.1. The number of hydrogen-bond acceptors (Lipinski definition) is 5. The van der Waals surface area contributed by atoms with Crippen molar-refractivity contribution in [2.24, 2.45) is 0 Å². The van der Waals surface area contributed by atoms with Gasteiger partial charge >= 0.3 is 0 Å². The van der Waals surface area contributed by atoms with Crippen LogP contribution in [0.3, 0.4) is 0 Å². The van der Waals surface area contributed by atoms with E-state index in [0.717, 1.165) is 29.3 Å². The monoisotopic (exact) mass is 322 g/mol. The van der Waals surface area contributed by atoms with Gasteiger partial charge < -0.3 is 5.32 Å². The Bertz CT molecular complexity index is 838. The molecule has 0 radical (unpaired) electrons. The van der Waals surface area contributed by atoms with Crippen LogP contribution in [0, 0.1) is 20.8 Å². The van der Waals surface area contributed by atoms with Crippen LogP contribution in [0.4, 0.5) is 5.82 Å². The minimum absolute atomic E-state index is 0.684. The zero-order valence-electron chi connectivity index (χ0n) is 14.5. The van der Waals surface area contributed by atoms with Crippen LogP contribution in [0.15, 0.2) is 30.6 Å².